The molecule has 0 unspecified atom stereocenters. The summed E-state index contributed by atoms with van der Waals surface area (Å²) in [6.45, 7) is 4.26. The van der Waals surface area contributed by atoms with Gasteiger partial charge in [-0.25, -0.2) is 15.0 Å². The van der Waals surface area contributed by atoms with Crippen LogP contribution < -0.4 is 9.80 Å². The number of anilines is 4. The van der Waals surface area contributed by atoms with Gasteiger partial charge in [-0.1, -0.05) is 30.3 Å². The highest BCUT2D eigenvalue weighted by Gasteiger charge is 2.39. The van der Waals surface area contributed by atoms with Gasteiger partial charge in [-0.15, -0.1) is 0 Å². The molecule has 0 fully saturated rings. The lowest BCUT2D eigenvalue weighted by molar-refractivity contribution is 0.649. The number of pyridine rings is 1. The maximum atomic E-state index is 6.26. The van der Waals surface area contributed by atoms with Crippen LogP contribution in [0.15, 0.2) is 77.6 Å². The minimum Gasteiger partial charge on any atom is -0.435 e. The Labute approximate surface area is 173 Å². The summed E-state index contributed by atoms with van der Waals surface area (Å²) in [6.07, 6.45) is 5.20. The van der Waals surface area contributed by atoms with E-state index >= 15 is 0 Å². The number of hydrogen-bond acceptors (Lipinski definition) is 6. The van der Waals surface area contributed by atoms with Crippen molar-refractivity contribution >= 4 is 45.1 Å². The van der Waals surface area contributed by atoms with E-state index in [1.54, 1.807) is 18.6 Å². The molecule has 0 spiro atoms. The van der Waals surface area contributed by atoms with Crippen LogP contribution in [0.3, 0.4) is 0 Å². The van der Waals surface area contributed by atoms with Crippen molar-refractivity contribution in [3.8, 4) is 0 Å². The fourth-order valence-corrected chi connectivity index (χ4v) is 4.41. The summed E-state index contributed by atoms with van der Waals surface area (Å²) in [5, 5.41) is 2.06. The highest BCUT2D eigenvalue weighted by molar-refractivity contribution is 6.09. The Bertz CT molecular complexity index is 1400. The summed E-state index contributed by atoms with van der Waals surface area (Å²) < 4.78 is 6.26. The normalized spacial score (nSPS) is 15.9. The van der Waals surface area contributed by atoms with Gasteiger partial charge in [0.25, 0.3) is 0 Å². The second-order valence-corrected chi connectivity index (χ2v) is 7.48. The van der Waals surface area contributed by atoms with Gasteiger partial charge in [0.1, 0.15) is 6.17 Å². The van der Waals surface area contributed by atoms with E-state index in [9.17, 15) is 0 Å². The lowest BCUT2D eigenvalue weighted by Gasteiger charge is -2.30. The number of nitrogens with zero attached hydrogens (tertiary/aromatic N) is 5. The third-order valence-electron chi connectivity index (χ3n) is 5.73. The van der Waals surface area contributed by atoms with Crippen molar-refractivity contribution in [1.29, 1.82) is 0 Å². The van der Waals surface area contributed by atoms with Crippen molar-refractivity contribution < 1.29 is 4.42 Å². The van der Waals surface area contributed by atoms with Gasteiger partial charge in [0.05, 0.1) is 5.69 Å². The third-order valence-corrected chi connectivity index (χ3v) is 5.73. The van der Waals surface area contributed by atoms with Gasteiger partial charge in [0.15, 0.2) is 17.2 Å². The van der Waals surface area contributed by atoms with Crippen molar-refractivity contribution in [3.63, 3.8) is 0 Å². The van der Waals surface area contributed by atoms with Crippen LogP contribution in [0, 0.1) is 6.92 Å². The molecule has 5 aromatic rings. The lowest BCUT2D eigenvalue weighted by Crippen LogP contribution is -2.36. The predicted molar refractivity (Wildman–Crippen MR) is 118 cm³/mol. The SMILES string of the molecule is Cc1ccc2c(oc3ncccc32)c1N1c2nccnc2N(c2ccccc2)[C@@H]1C. The molecule has 0 amide bonds. The van der Waals surface area contributed by atoms with E-state index in [0.29, 0.717) is 5.71 Å². The molecule has 6 heteroatoms. The molecule has 4 heterocycles. The van der Waals surface area contributed by atoms with Crippen LogP contribution in [0.1, 0.15) is 12.5 Å². The predicted octanol–water partition coefficient (Wildman–Crippen LogP) is 5.72. The smallest absolute Gasteiger partial charge is 0.227 e. The molecular formula is C24H19N5O. The summed E-state index contributed by atoms with van der Waals surface area (Å²) >= 11 is 0. The number of aromatic nitrogens is 3. The summed E-state index contributed by atoms with van der Waals surface area (Å²) in [4.78, 5) is 18.2. The molecule has 6 nitrogen and oxygen atoms in total. The Morgan fingerprint density at radius 1 is 0.767 bits per heavy atom. The Hall–Kier alpha value is -3.93. The standard InChI is InChI=1S/C24H19N5O/c1-15-10-11-18-19-9-6-12-27-24(19)30-21(18)20(15)29-16(2)28(17-7-4-3-5-8-17)22-23(29)26-14-13-25-22/h3-14,16H,1-2H3/t16-/m0/s1. The van der Waals surface area contributed by atoms with Crippen LogP contribution in [-0.4, -0.2) is 21.1 Å². The maximum Gasteiger partial charge on any atom is 0.227 e. The van der Waals surface area contributed by atoms with Crippen LogP contribution in [0.2, 0.25) is 0 Å². The molecule has 3 aromatic heterocycles. The number of para-hydroxylation sites is 1. The average Bonchev–Trinajstić information content (AvgIpc) is 3.29. The van der Waals surface area contributed by atoms with Crippen LogP contribution in [-0.2, 0) is 0 Å². The molecule has 1 aliphatic rings. The highest BCUT2D eigenvalue weighted by atomic mass is 16.3. The minimum absolute atomic E-state index is 0.0322. The fraction of sp³-hybridized carbons (Fsp3) is 0.125. The van der Waals surface area contributed by atoms with Crippen molar-refractivity contribution in [2.24, 2.45) is 0 Å². The first-order valence-corrected chi connectivity index (χ1v) is 9.95. The van der Waals surface area contributed by atoms with E-state index in [-0.39, 0.29) is 6.17 Å². The zero-order valence-corrected chi connectivity index (χ0v) is 16.6. The first kappa shape index (κ1) is 17.0. The Morgan fingerprint density at radius 2 is 1.53 bits per heavy atom. The number of benzene rings is 2. The Kier molecular flexibility index (Phi) is 3.56. The maximum absolute atomic E-state index is 6.26. The van der Waals surface area contributed by atoms with Crippen molar-refractivity contribution in [2.75, 3.05) is 9.80 Å². The summed E-state index contributed by atoms with van der Waals surface area (Å²) in [7, 11) is 0. The molecule has 0 saturated heterocycles. The molecule has 0 saturated carbocycles. The molecular weight excluding hydrogens is 374 g/mol. The number of hydrogen-bond donors (Lipinski definition) is 0. The van der Waals surface area contributed by atoms with Gasteiger partial charge in [0.2, 0.25) is 5.71 Å². The molecule has 0 bridgehead atoms. The monoisotopic (exact) mass is 393 g/mol. The van der Waals surface area contributed by atoms with Crippen LogP contribution in [0.5, 0.6) is 0 Å². The van der Waals surface area contributed by atoms with Gasteiger partial charge >= 0.3 is 0 Å². The van der Waals surface area contributed by atoms with E-state index in [1.807, 2.05) is 30.3 Å². The third kappa shape index (κ3) is 2.27. The second kappa shape index (κ2) is 6.29. The molecule has 1 atom stereocenters. The molecule has 146 valence electrons. The van der Waals surface area contributed by atoms with Crippen molar-refractivity contribution in [3.05, 3.63) is 78.8 Å². The lowest BCUT2D eigenvalue weighted by atomic mass is 10.1. The number of rotatable bonds is 2. The number of aryl methyl sites for hydroxylation is 1. The first-order valence-electron chi connectivity index (χ1n) is 9.95. The molecule has 6 rings (SSSR count). The molecule has 0 radical (unpaired) electrons. The summed E-state index contributed by atoms with van der Waals surface area (Å²) in [5.74, 6) is 1.65. The topological polar surface area (TPSA) is 58.3 Å². The summed E-state index contributed by atoms with van der Waals surface area (Å²) in [5.41, 5.74) is 4.65. The van der Waals surface area contributed by atoms with E-state index in [1.165, 1.54) is 0 Å². The van der Waals surface area contributed by atoms with Crippen molar-refractivity contribution in [2.45, 2.75) is 20.0 Å². The van der Waals surface area contributed by atoms with E-state index in [0.717, 1.165) is 44.9 Å². The largest absolute Gasteiger partial charge is 0.435 e. The Morgan fingerprint density at radius 3 is 2.33 bits per heavy atom. The molecule has 30 heavy (non-hydrogen) atoms. The summed E-state index contributed by atoms with van der Waals surface area (Å²) in [6, 6.07) is 18.5. The van der Waals surface area contributed by atoms with Crippen molar-refractivity contribution in [1.82, 2.24) is 15.0 Å². The van der Waals surface area contributed by atoms with Gasteiger partial charge in [-0.3, -0.25) is 4.90 Å². The second-order valence-electron chi connectivity index (χ2n) is 7.48. The minimum atomic E-state index is -0.0322. The molecule has 0 N–H and O–H groups in total. The quantitative estimate of drug-likeness (QED) is 0.383. The number of furan rings is 1. The number of fused-ring (bicyclic) bond motifs is 4. The van der Waals surface area contributed by atoms with E-state index < -0.39 is 0 Å². The van der Waals surface area contributed by atoms with Crippen LogP contribution in [0.4, 0.5) is 23.0 Å². The van der Waals surface area contributed by atoms with Gasteiger partial charge in [0, 0.05) is 35.1 Å². The molecule has 0 aliphatic carbocycles. The molecule has 2 aromatic carbocycles. The van der Waals surface area contributed by atoms with Gasteiger partial charge in [-0.05, 0) is 43.7 Å². The van der Waals surface area contributed by atoms with Gasteiger partial charge < -0.3 is 9.32 Å². The Balaban J connectivity index is 1.63. The zero-order chi connectivity index (χ0) is 20.2. The van der Waals surface area contributed by atoms with Crippen LogP contribution >= 0.6 is 0 Å². The van der Waals surface area contributed by atoms with Gasteiger partial charge in [-0.2, -0.15) is 0 Å². The van der Waals surface area contributed by atoms with E-state index in [4.69, 9.17) is 9.40 Å². The van der Waals surface area contributed by atoms with Crippen LogP contribution in [0.25, 0.3) is 22.1 Å². The fourth-order valence-electron chi connectivity index (χ4n) is 4.41. The first-order chi connectivity index (χ1) is 14.7. The zero-order valence-electron chi connectivity index (χ0n) is 16.6. The average molecular weight is 393 g/mol. The highest BCUT2D eigenvalue weighted by Crippen LogP contribution is 2.48. The van der Waals surface area contributed by atoms with E-state index in [2.05, 4.69) is 57.9 Å². The molecule has 1 aliphatic heterocycles.